The Hall–Kier alpha value is -2.32. The molecule has 5 heteroatoms. The van der Waals surface area contributed by atoms with Crippen LogP contribution in [0.15, 0.2) is 53.0 Å². The van der Waals surface area contributed by atoms with Crippen molar-refractivity contribution in [1.82, 2.24) is 0 Å². The van der Waals surface area contributed by atoms with Crippen molar-refractivity contribution in [3.8, 4) is 11.8 Å². The largest absolute Gasteiger partial charge is 0.493 e. The smallest absolute Gasteiger partial charge is 0.227 e. The lowest BCUT2D eigenvalue weighted by molar-refractivity contribution is -0.116. The summed E-state index contributed by atoms with van der Waals surface area (Å²) in [6.07, 6.45) is 0.243. The van der Waals surface area contributed by atoms with E-state index in [-0.39, 0.29) is 12.3 Å². The quantitative estimate of drug-likeness (QED) is 0.898. The van der Waals surface area contributed by atoms with Gasteiger partial charge < -0.3 is 10.1 Å². The third-order valence-corrected chi connectivity index (χ3v) is 3.22. The van der Waals surface area contributed by atoms with Gasteiger partial charge in [-0.1, -0.05) is 22.0 Å². The van der Waals surface area contributed by atoms with Crippen molar-refractivity contribution in [2.24, 2.45) is 0 Å². The lowest BCUT2D eigenvalue weighted by Gasteiger charge is -2.07. The molecule has 0 aromatic heterocycles. The number of carbonyl (C=O) groups is 1. The number of amides is 1. The van der Waals surface area contributed by atoms with Gasteiger partial charge in [0.05, 0.1) is 24.7 Å². The standard InChI is InChI=1S/C16H13BrN2O2/c17-13-4-6-15(7-5-13)21-9-8-16(20)19-14-3-1-2-12(10-14)11-18/h1-7,10H,8-9H2,(H,19,20). The first-order valence-corrected chi connectivity index (χ1v) is 7.15. The summed E-state index contributed by atoms with van der Waals surface area (Å²) in [7, 11) is 0. The molecule has 2 rings (SSSR count). The molecule has 0 heterocycles. The summed E-state index contributed by atoms with van der Waals surface area (Å²) in [5, 5.41) is 11.5. The van der Waals surface area contributed by atoms with Crippen LogP contribution in [-0.4, -0.2) is 12.5 Å². The summed E-state index contributed by atoms with van der Waals surface area (Å²) in [5.74, 6) is 0.569. The number of halogens is 1. The van der Waals surface area contributed by atoms with Gasteiger partial charge in [0.25, 0.3) is 0 Å². The first-order valence-electron chi connectivity index (χ1n) is 6.36. The number of nitriles is 1. The van der Waals surface area contributed by atoms with Gasteiger partial charge >= 0.3 is 0 Å². The van der Waals surface area contributed by atoms with Gasteiger partial charge in [0.15, 0.2) is 0 Å². The zero-order chi connectivity index (χ0) is 15.1. The van der Waals surface area contributed by atoms with Crippen molar-refractivity contribution in [2.75, 3.05) is 11.9 Å². The van der Waals surface area contributed by atoms with E-state index in [0.717, 1.165) is 10.2 Å². The van der Waals surface area contributed by atoms with Crippen LogP contribution < -0.4 is 10.1 Å². The molecule has 0 fully saturated rings. The average Bonchev–Trinajstić information content (AvgIpc) is 2.49. The molecule has 2 aromatic carbocycles. The molecule has 1 N–H and O–H groups in total. The molecule has 0 bridgehead atoms. The third-order valence-electron chi connectivity index (χ3n) is 2.69. The van der Waals surface area contributed by atoms with E-state index < -0.39 is 0 Å². The Kier molecular flexibility index (Phi) is 5.35. The Morgan fingerprint density at radius 1 is 1.24 bits per heavy atom. The fourth-order valence-corrected chi connectivity index (χ4v) is 1.95. The Labute approximate surface area is 131 Å². The van der Waals surface area contributed by atoms with Gasteiger partial charge in [-0.15, -0.1) is 0 Å². The highest BCUT2D eigenvalue weighted by molar-refractivity contribution is 9.10. The van der Waals surface area contributed by atoms with Crippen LogP contribution in [0.1, 0.15) is 12.0 Å². The summed E-state index contributed by atoms with van der Waals surface area (Å²) in [5.41, 5.74) is 1.13. The summed E-state index contributed by atoms with van der Waals surface area (Å²) in [6, 6.07) is 16.2. The van der Waals surface area contributed by atoms with Crippen LogP contribution in [0.3, 0.4) is 0 Å². The fraction of sp³-hybridized carbons (Fsp3) is 0.125. The molecule has 2 aromatic rings. The van der Waals surface area contributed by atoms with Crippen molar-refractivity contribution in [3.05, 3.63) is 58.6 Å². The Morgan fingerprint density at radius 2 is 2.00 bits per heavy atom. The lowest BCUT2D eigenvalue weighted by Crippen LogP contribution is -2.15. The number of rotatable bonds is 5. The molecule has 0 radical (unpaired) electrons. The molecule has 106 valence electrons. The number of nitrogens with one attached hydrogen (secondary N) is 1. The molecule has 1 amide bonds. The van der Waals surface area contributed by atoms with E-state index in [1.54, 1.807) is 24.3 Å². The predicted octanol–water partition coefficient (Wildman–Crippen LogP) is 3.73. The van der Waals surface area contributed by atoms with E-state index in [0.29, 0.717) is 17.9 Å². The van der Waals surface area contributed by atoms with Gasteiger partial charge in [-0.2, -0.15) is 5.26 Å². The molecular weight excluding hydrogens is 332 g/mol. The molecular formula is C16H13BrN2O2. The zero-order valence-corrected chi connectivity index (χ0v) is 12.8. The van der Waals surface area contributed by atoms with E-state index in [4.69, 9.17) is 10.00 Å². The van der Waals surface area contributed by atoms with E-state index >= 15 is 0 Å². The molecule has 21 heavy (non-hydrogen) atoms. The van der Waals surface area contributed by atoms with E-state index in [9.17, 15) is 4.79 Å². The number of carbonyl (C=O) groups excluding carboxylic acids is 1. The molecule has 0 saturated heterocycles. The Bertz CT molecular complexity index is 663. The maximum absolute atomic E-state index is 11.8. The van der Waals surface area contributed by atoms with E-state index in [1.165, 1.54) is 0 Å². The number of benzene rings is 2. The second-order valence-corrected chi connectivity index (χ2v) is 5.21. The number of ether oxygens (including phenoxy) is 1. The fourth-order valence-electron chi connectivity index (χ4n) is 1.68. The summed E-state index contributed by atoms with van der Waals surface area (Å²) in [6.45, 7) is 0.297. The van der Waals surface area contributed by atoms with Crippen LogP contribution in [0.25, 0.3) is 0 Å². The topological polar surface area (TPSA) is 62.1 Å². The molecule has 4 nitrogen and oxygen atoms in total. The molecule has 0 saturated carbocycles. The minimum atomic E-state index is -0.151. The normalized spacial score (nSPS) is 9.71. The molecule has 0 aliphatic heterocycles. The SMILES string of the molecule is N#Cc1cccc(NC(=O)CCOc2ccc(Br)cc2)c1. The number of nitrogens with zero attached hydrogens (tertiary/aromatic N) is 1. The molecule has 0 atom stereocenters. The number of hydrogen-bond acceptors (Lipinski definition) is 3. The molecule has 0 aliphatic carbocycles. The Morgan fingerprint density at radius 3 is 2.71 bits per heavy atom. The van der Waals surface area contributed by atoms with Gasteiger partial charge in [-0.05, 0) is 42.5 Å². The van der Waals surface area contributed by atoms with Gasteiger partial charge in [-0.25, -0.2) is 0 Å². The minimum Gasteiger partial charge on any atom is -0.493 e. The summed E-state index contributed by atoms with van der Waals surface area (Å²) in [4.78, 5) is 11.8. The molecule has 0 unspecified atom stereocenters. The monoisotopic (exact) mass is 344 g/mol. The second-order valence-electron chi connectivity index (χ2n) is 4.29. The first kappa shape index (κ1) is 15.1. The lowest BCUT2D eigenvalue weighted by atomic mass is 10.2. The first-order chi connectivity index (χ1) is 10.2. The molecule has 0 aliphatic rings. The highest BCUT2D eigenvalue weighted by Crippen LogP contribution is 2.16. The maximum atomic E-state index is 11.8. The average molecular weight is 345 g/mol. The highest BCUT2D eigenvalue weighted by atomic mass is 79.9. The van der Waals surface area contributed by atoms with Crippen LogP contribution in [0.2, 0.25) is 0 Å². The zero-order valence-electron chi connectivity index (χ0n) is 11.2. The summed E-state index contributed by atoms with van der Waals surface area (Å²) >= 11 is 3.34. The van der Waals surface area contributed by atoms with Crippen molar-refractivity contribution in [3.63, 3.8) is 0 Å². The van der Waals surface area contributed by atoms with Crippen molar-refractivity contribution in [1.29, 1.82) is 5.26 Å². The summed E-state index contributed by atoms with van der Waals surface area (Å²) < 4.78 is 6.46. The number of anilines is 1. The van der Waals surface area contributed by atoms with Crippen molar-refractivity contribution in [2.45, 2.75) is 6.42 Å². The molecule has 0 spiro atoms. The van der Waals surface area contributed by atoms with Crippen LogP contribution in [-0.2, 0) is 4.79 Å². The van der Waals surface area contributed by atoms with Crippen LogP contribution >= 0.6 is 15.9 Å². The van der Waals surface area contributed by atoms with Crippen LogP contribution in [0.4, 0.5) is 5.69 Å². The minimum absolute atomic E-state index is 0.151. The van der Waals surface area contributed by atoms with Crippen LogP contribution in [0.5, 0.6) is 5.75 Å². The van der Waals surface area contributed by atoms with Crippen LogP contribution in [0, 0.1) is 11.3 Å². The van der Waals surface area contributed by atoms with E-state index in [1.807, 2.05) is 30.3 Å². The maximum Gasteiger partial charge on any atom is 0.227 e. The van der Waals surface area contributed by atoms with Gasteiger partial charge in [-0.3, -0.25) is 4.79 Å². The van der Waals surface area contributed by atoms with Gasteiger partial charge in [0.1, 0.15) is 5.75 Å². The predicted molar refractivity (Wildman–Crippen MR) is 84.0 cm³/mol. The third kappa shape index (κ3) is 4.93. The second kappa shape index (κ2) is 7.46. The number of hydrogen-bond donors (Lipinski definition) is 1. The van der Waals surface area contributed by atoms with Gasteiger partial charge in [0.2, 0.25) is 5.91 Å². The van der Waals surface area contributed by atoms with Gasteiger partial charge in [0, 0.05) is 10.2 Å². The van der Waals surface area contributed by atoms with E-state index in [2.05, 4.69) is 21.2 Å². The van der Waals surface area contributed by atoms with Crippen molar-refractivity contribution < 1.29 is 9.53 Å². The Balaban J connectivity index is 1.79. The highest BCUT2D eigenvalue weighted by Gasteiger charge is 2.04. The van der Waals surface area contributed by atoms with Crippen molar-refractivity contribution >= 4 is 27.5 Å².